The van der Waals surface area contributed by atoms with Crippen LogP contribution >= 0.6 is 0 Å². The van der Waals surface area contributed by atoms with E-state index in [4.69, 9.17) is 19.6 Å². The monoisotopic (exact) mass is 484 g/mol. The van der Waals surface area contributed by atoms with E-state index >= 15 is 0 Å². The number of anilines is 1. The first-order valence-electron chi connectivity index (χ1n) is 12.8. The second kappa shape index (κ2) is 9.90. The molecule has 0 bridgehead atoms. The van der Waals surface area contributed by atoms with Crippen LogP contribution in [0.4, 0.5) is 5.69 Å². The van der Waals surface area contributed by atoms with E-state index < -0.39 is 0 Å². The normalized spacial score (nSPS) is 17.6. The highest BCUT2D eigenvalue weighted by atomic mass is 16.5. The van der Waals surface area contributed by atoms with E-state index in [-0.39, 0.29) is 5.54 Å². The molecular weight excluding hydrogens is 448 g/mol. The molecule has 1 atom stereocenters. The molecule has 2 heterocycles. The van der Waals surface area contributed by atoms with Gasteiger partial charge in [0.05, 0.1) is 11.2 Å². The molecule has 36 heavy (non-hydrogen) atoms. The molecule has 188 valence electrons. The standard InChI is InChI=1S/C31H36N2O3/c1-20-21(2)30-28(22(3)29(20)34-18-24-11-6-5-7-12-24)25(23(4)36-30)17-31(15-10-16-33-31)19-35-27-14-9-8-13-26(27)32/h5-9,11-14,33H,10,15-19,32H2,1-4H3/t31-/m0/s1. The lowest BCUT2D eigenvalue weighted by Gasteiger charge is -2.30. The molecule has 5 nitrogen and oxygen atoms in total. The minimum atomic E-state index is -0.180. The van der Waals surface area contributed by atoms with E-state index in [2.05, 4.69) is 45.1 Å². The summed E-state index contributed by atoms with van der Waals surface area (Å²) in [5.74, 6) is 2.65. The highest BCUT2D eigenvalue weighted by Crippen LogP contribution is 2.41. The fourth-order valence-electron chi connectivity index (χ4n) is 5.49. The fourth-order valence-corrected chi connectivity index (χ4v) is 5.49. The zero-order valence-corrected chi connectivity index (χ0v) is 21.7. The highest BCUT2D eigenvalue weighted by molar-refractivity contribution is 5.91. The first-order valence-corrected chi connectivity index (χ1v) is 12.8. The van der Waals surface area contributed by atoms with Gasteiger partial charge in [0.2, 0.25) is 0 Å². The second-order valence-corrected chi connectivity index (χ2v) is 10.1. The van der Waals surface area contributed by atoms with Crippen molar-refractivity contribution in [2.45, 2.75) is 59.1 Å². The number of rotatable bonds is 8. The predicted molar refractivity (Wildman–Crippen MR) is 146 cm³/mol. The van der Waals surface area contributed by atoms with Crippen molar-refractivity contribution < 1.29 is 13.9 Å². The number of benzene rings is 3. The van der Waals surface area contributed by atoms with Crippen LogP contribution in [0.15, 0.2) is 59.0 Å². The Kier molecular flexibility index (Phi) is 6.67. The van der Waals surface area contributed by atoms with Gasteiger partial charge in [0, 0.05) is 16.5 Å². The van der Waals surface area contributed by atoms with Crippen molar-refractivity contribution in [3.8, 4) is 11.5 Å². The molecule has 5 rings (SSSR count). The molecule has 0 amide bonds. The summed E-state index contributed by atoms with van der Waals surface area (Å²) in [4.78, 5) is 0. The van der Waals surface area contributed by atoms with Crippen LogP contribution in [0.3, 0.4) is 0 Å². The number of hydrogen-bond donors (Lipinski definition) is 2. The van der Waals surface area contributed by atoms with Gasteiger partial charge in [-0.15, -0.1) is 0 Å². The quantitative estimate of drug-likeness (QED) is 0.277. The van der Waals surface area contributed by atoms with E-state index in [0.29, 0.717) is 18.9 Å². The van der Waals surface area contributed by atoms with Crippen molar-refractivity contribution in [3.05, 3.63) is 88.2 Å². The number of aryl methyl sites for hydroxylation is 3. The van der Waals surface area contributed by atoms with Crippen molar-refractivity contribution in [2.24, 2.45) is 0 Å². The molecule has 0 unspecified atom stereocenters. The van der Waals surface area contributed by atoms with Crippen molar-refractivity contribution in [1.29, 1.82) is 0 Å². The molecule has 1 fully saturated rings. The van der Waals surface area contributed by atoms with Gasteiger partial charge >= 0.3 is 0 Å². The van der Waals surface area contributed by atoms with Gasteiger partial charge in [-0.25, -0.2) is 0 Å². The van der Waals surface area contributed by atoms with Crippen molar-refractivity contribution in [3.63, 3.8) is 0 Å². The lowest BCUT2D eigenvalue weighted by atomic mass is 9.87. The maximum absolute atomic E-state index is 6.42. The van der Waals surface area contributed by atoms with Crippen LogP contribution in [0, 0.1) is 27.7 Å². The number of para-hydroxylation sites is 2. The third kappa shape index (κ3) is 4.56. The van der Waals surface area contributed by atoms with Gasteiger partial charge in [0.15, 0.2) is 0 Å². The summed E-state index contributed by atoms with van der Waals surface area (Å²) in [5.41, 5.74) is 13.4. The van der Waals surface area contributed by atoms with Crippen LogP contribution in [0.5, 0.6) is 11.5 Å². The lowest BCUT2D eigenvalue weighted by Crippen LogP contribution is -2.47. The Morgan fingerprint density at radius 2 is 1.67 bits per heavy atom. The summed E-state index contributed by atoms with van der Waals surface area (Å²) >= 11 is 0. The summed E-state index contributed by atoms with van der Waals surface area (Å²) < 4.78 is 19.1. The molecule has 1 aliphatic heterocycles. The second-order valence-electron chi connectivity index (χ2n) is 10.1. The third-order valence-electron chi connectivity index (χ3n) is 7.66. The molecule has 3 N–H and O–H groups in total. The van der Waals surface area contributed by atoms with Crippen LogP contribution in [-0.2, 0) is 13.0 Å². The molecule has 1 aromatic heterocycles. The topological polar surface area (TPSA) is 69.7 Å². The summed E-state index contributed by atoms with van der Waals surface area (Å²) in [6.07, 6.45) is 2.97. The number of furan rings is 1. The van der Waals surface area contributed by atoms with Crippen LogP contribution in [-0.4, -0.2) is 18.7 Å². The van der Waals surface area contributed by atoms with E-state index in [1.807, 2.05) is 42.5 Å². The summed E-state index contributed by atoms with van der Waals surface area (Å²) in [6, 6.07) is 18.0. The van der Waals surface area contributed by atoms with Crippen LogP contribution in [0.2, 0.25) is 0 Å². The Morgan fingerprint density at radius 3 is 2.39 bits per heavy atom. The minimum Gasteiger partial charge on any atom is -0.489 e. The first kappa shape index (κ1) is 24.3. The molecule has 5 heteroatoms. The SMILES string of the molecule is Cc1oc2c(C)c(C)c(OCc3ccccc3)c(C)c2c1C[C@]1(COc2ccccc2N)CCCN1. The van der Waals surface area contributed by atoms with Crippen LogP contribution in [0.25, 0.3) is 11.0 Å². The van der Waals surface area contributed by atoms with Gasteiger partial charge in [-0.2, -0.15) is 0 Å². The average molecular weight is 485 g/mol. The van der Waals surface area contributed by atoms with E-state index in [1.54, 1.807) is 0 Å². The zero-order valence-electron chi connectivity index (χ0n) is 21.7. The minimum absolute atomic E-state index is 0.180. The molecule has 0 saturated carbocycles. The summed E-state index contributed by atoms with van der Waals surface area (Å²) in [5, 5.41) is 4.93. The molecule has 0 spiro atoms. The molecule has 3 aromatic carbocycles. The van der Waals surface area contributed by atoms with Crippen molar-refractivity contribution in [1.82, 2.24) is 5.32 Å². The molecule has 1 aliphatic rings. The number of nitrogens with one attached hydrogen (secondary N) is 1. The van der Waals surface area contributed by atoms with Crippen LogP contribution < -0.4 is 20.5 Å². The Bertz CT molecular complexity index is 1370. The van der Waals surface area contributed by atoms with Gasteiger partial charge in [-0.3, -0.25) is 0 Å². The number of ether oxygens (including phenoxy) is 2. The maximum Gasteiger partial charge on any atom is 0.142 e. The maximum atomic E-state index is 6.42. The van der Waals surface area contributed by atoms with E-state index in [9.17, 15) is 0 Å². The van der Waals surface area contributed by atoms with E-state index in [0.717, 1.165) is 70.9 Å². The fraction of sp³-hybridized carbons (Fsp3) is 0.355. The van der Waals surface area contributed by atoms with Crippen molar-refractivity contribution in [2.75, 3.05) is 18.9 Å². The van der Waals surface area contributed by atoms with Crippen LogP contribution in [0.1, 0.15) is 46.4 Å². The molecule has 0 radical (unpaired) electrons. The molecule has 4 aromatic rings. The lowest BCUT2D eigenvalue weighted by molar-refractivity contribution is 0.197. The van der Waals surface area contributed by atoms with E-state index in [1.165, 1.54) is 10.9 Å². The average Bonchev–Trinajstić information content (AvgIpc) is 3.48. The number of hydrogen-bond acceptors (Lipinski definition) is 5. The van der Waals surface area contributed by atoms with Gasteiger partial charge in [-0.1, -0.05) is 42.5 Å². The Morgan fingerprint density at radius 1 is 0.917 bits per heavy atom. The summed E-state index contributed by atoms with van der Waals surface area (Å²) in [7, 11) is 0. The first-order chi connectivity index (χ1) is 17.4. The smallest absolute Gasteiger partial charge is 0.142 e. The highest BCUT2D eigenvalue weighted by Gasteiger charge is 2.37. The van der Waals surface area contributed by atoms with Gasteiger partial charge in [-0.05, 0) is 82.3 Å². The Hall–Kier alpha value is -3.44. The zero-order chi connectivity index (χ0) is 25.3. The van der Waals surface area contributed by atoms with Gasteiger partial charge < -0.3 is 24.9 Å². The predicted octanol–water partition coefficient (Wildman–Crippen LogP) is 6.57. The largest absolute Gasteiger partial charge is 0.489 e. The number of fused-ring (bicyclic) bond motifs is 1. The number of nitrogen functional groups attached to an aromatic ring is 1. The van der Waals surface area contributed by atoms with Gasteiger partial charge in [0.1, 0.15) is 36.1 Å². The summed E-state index contributed by atoms with van der Waals surface area (Å²) in [6.45, 7) is 10.6. The Labute approximate surface area is 213 Å². The Balaban J connectivity index is 1.49. The third-order valence-corrected chi connectivity index (χ3v) is 7.66. The molecule has 0 aliphatic carbocycles. The number of nitrogens with two attached hydrogens (primary N) is 1. The van der Waals surface area contributed by atoms with Crippen molar-refractivity contribution >= 4 is 16.7 Å². The van der Waals surface area contributed by atoms with Gasteiger partial charge in [0.25, 0.3) is 0 Å². The molecular formula is C31H36N2O3. The molecule has 1 saturated heterocycles.